The molecule has 1 amide bonds. The Kier molecular flexibility index (Phi) is 4.49. The minimum Gasteiger partial charge on any atom is -0.496 e. The average molecular weight is 377 g/mol. The first-order chi connectivity index (χ1) is 12.7. The van der Waals surface area contributed by atoms with E-state index in [0.29, 0.717) is 9.23 Å². The molecule has 1 saturated heterocycles. The lowest BCUT2D eigenvalue weighted by Crippen LogP contribution is -2.27. The molecular weight excluding hydrogens is 362 g/mol. The number of carbonyl (C=O) groups excluding carboxylic acids is 1. The summed E-state index contributed by atoms with van der Waals surface area (Å²) in [6.07, 6.45) is 1.88. The molecule has 5 heteroatoms. The quantitative estimate of drug-likeness (QED) is 0.460. The number of thiocarbonyl (C=S) groups is 1. The number of hydrogen-bond donors (Lipinski definition) is 0. The van der Waals surface area contributed by atoms with Crippen molar-refractivity contribution in [1.29, 1.82) is 0 Å². The maximum absolute atomic E-state index is 13.0. The van der Waals surface area contributed by atoms with E-state index in [9.17, 15) is 4.79 Å². The molecule has 0 bridgehead atoms. The topological polar surface area (TPSA) is 29.5 Å². The van der Waals surface area contributed by atoms with Gasteiger partial charge >= 0.3 is 0 Å². The van der Waals surface area contributed by atoms with Gasteiger partial charge in [-0.25, -0.2) is 0 Å². The molecule has 3 aromatic carbocycles. The zero-order valence-corrected chi connectivity index (χ0v) is 15.6. The number of methoxy groups -OCH3 is 1. The summed E-state index contributed by atoms with van der Waals surface area (Å²) in [6, 6.07) is 21.4. The molecule has 3 nitrogen and oxygen atoms in total. The van der Waals surface area contributed by atoms with Gasteiger partial charge in [0.15, 0.2) is 4.32 Å². The van der Waals surface area contributed by atoms with Gasteiger partial charge in [0.1, 0.15) is 5.75 Å². The fraction of sp³-hybridized carbons (Fsp3) is 0.0476. The maximum atomic E-state index is 13.0. The van der Waals surface area contributed by atoms with Crippen molar-refractivity contribution in [3.63, 3.8) is 0 Å². The predicted molar refractivity (Wildman–Crippen MR) is 113 cm³/mol. The minimum atomic E-state index is -0.110. The molecule has 0 N–H and O–H groups in total. The number of hydrogen-bond acceptors (Lipinski definition) is 4. The average Bonchev–Trinajstić information content (AvgIpc) is 2.96. The van der Waals surface area contributed by atoms with Crippen LogP contribution < -0.4 is 9.64 Å². The van der Waals surface area contributed by atoms with Crippen molar-refractivity contribution in [2.45, 2.75) is 0 Å². The Balaban J connectivity index is 1.82. The Morgan fingerprint density at radius 2 is 1.73 bits per heavy atom. The molecule has 1 fully saturated rings. The zero-order valence-electron chi connectivity index (χ0n) is 14.0. The van der Waals surface area contributed by atoms with Crippen LogP contribution in [0, 0.1) is 0 Å². The molecule has 0 aromatic heterocycles. The molecule has 1 aliphatic rings. The number of benzene rings is 3. The Labute approximate surface area is 161 Å². The van der Waals surface area contributed by atoms with Gasteiger partial charge in [0.05, 0.1) is 17.7 Å². The standard InChI is InChI=1S/C21H15NO2S2/c1-24-18-12-11-14-7-5-6-10-16(14)17(18)13-19-20(23)22(21(25)26-19)15-8-3-2-4-9-15/h2-13H,1H3/b19-13+. The molecule has 0 saturated carbocycles. The molecular formula is C21H15NO2S2. The summed E-state index contributed by atoms with van der Waals surface area (Å²) in [5.41, 5.74) is 1.67. The van der Waals surface area contributed by atoms with E-state index < -0.39 is 0 Å². The Morgan fingerprint density at radius 3 is 2.50 bits per heavy atom. The summed E-state index contributed by atoms with van der Waals surface area (Å²) < 4.78 is 6.06. The van der Waals surface area contributed by atoms with Crippen LogP contribution in [0.5, 0.6) is 5.75 Å². The number of para-hydroxylation sites is 1. The molecule has 4 rings (SSSR count). The first-order valence-corrected chi connectivity index (χ1v) is 9.30. The zero-order chi connectivity index (χ0) is 18.1. The number of carbonyl (C=O) groups is 1. The van der Waals surface area contributed by atoms with E-state index in [2.05, 4.69) is 0 Å². The fourth-order valence-corrected chi connectivity index (χ4v) is 4.28. The van der Waals surface area contributed by atoms with Crippen molar-refractivity contribution in [2.75, 3.05) is 12.0 Å². The first kappa shape index (κ1) is 16.8. The molecule has 0 radical (unpaired) electrons. The van der Waals surface area contributed by atoms with Crippen molar-refractivity contribution < 1.29 is 9.53 Å². The number of thioether (sulfide) groups is 1. The third-order valence-corrected chi connectivity index (χ3v) is 5.54. The lowest BCUT2D eigenvalue weighted by Gasteiger charge is -2.14. The summed E-state index contributed by atoms with van der Waals surface area (Å²) in [7, 11) is 1.64. The highest BCUT2D eigenvalue weighted by Gasteiger charge is 2.33. The highest BCUT2D eigenvalue weighted by molar-refractivity contribution is 8.27. The summed E-state index contributed by atoms with van der Waals surface area (Å²) >= 11 is 6.76. The van der Waals surface area contributed by atoms with E-state index in [-0.39, 0.29) is 5.91 Å². The van der Waals surface area contributed by atoms with Crippen LogP contribution in [0.1, 0.15) is 5.56 Å². The highest BCUT2D eigenvalue weighted by atomic mass is 32.2. The predicted octanol–water partition coefficient (Wildman–Crippen LogP) is 5.25. The van der Waals surface area contributed by atoms with Crippen molar-refractivity contribution in [1.82, 2.24) is 0 Å². The van der Waals surface area contributed by atoms with Crippen molar-refractivity contribution in [2.24, 2.45) is 0 Å². The second kappa shape index (κ2) is 6.94. The minimum absolute atomic E-state index is 0.110. The van der Waals surface area contributed by atoms with Crippen LogP contribution >= 0.6 is 24.0 Å². The molecule has 3 aromatic rings. The monoisotopic (exact) mass is 377 g/mol. The van der Waals surface area contributed by atoms with Crippen LogP contribution in [0.25, 0.3) is 16.8 Å². The van der Waals surface area contributed by atoms with E-state index in [0.717, 1.165) is 27.8 Å². The fourth-order valence-electron chi connectivity index (χ4n) is 3.00. The van der Waals surface area contributed by atoms with E-state index >= 15 is 0 Å². The van der Waals surface area contributed by atoms with Crippen LogP contribution in [-0.2, 0) is 4.79 Å². The molecule has 128 valence electrons. The van der Waals surface area contributed by atoms with Gasteiger partial charge in [-0.15, -0.1) is 0 Å². The summed E-state index contributed by atoms with van der Waals surface area (Å²) in [6.45, 7) is 0. The van der Waals surface area contributed by atoms with Gasteiger partial charge in [0, 0.05) is 5.56 Å². The number of anilines is 1. The first-order valence-electron chi connectivity index (χ1n) is 8.08. The van der Waals surface area contributed by atoms with Gasteiger partial charge in [0.2, 0.25) is 0 Å². The van der Waals surface area contributed by atoms with Crippen LogP contribution in [0.15, 0.2) is 71.6 Å². The molecule has 26 heavy (non-hydrogen) atoms. The van der Waals surface area contributed by atoms with E-state index in [1.54, 1.807) is 12.0 Å². The molecule has 0 aliphatic carbocycles. The van der Waals surface area contributed by atoms with Crippen LogP contribution in [0.2, 0.25) is 0 Å². The second-order valence-electron chi connectivity index (χ2n) is 5.76. The maximum Gasteiger partial charge on any atom is 0.270 e. The molecule has 0 spiro atoms. The van der Waals surface area contributed by atoms with E-state index in [1.165, 1.54) is 11.8 Å². The van der Waals surface area contributed by atoms with Crippen molar-refractivity contribution in [3.8, 4) is 5.75 Å². The Hall–Kier alpha value is -2.63. The summed E-state index contributed by atoms with van der Waals surface area (Å²) in [5, 5.41) is 2.13. The third-order valence-electron chi connectivity index (χ3n) is 4.23. The highest BCUT2D eigenvalue weighted by Crippen LogP contribution is 2.38. The Morgan fingerprint density at radius 1 is 1.00 bits per heavy atom. The van der Waals surface area contributed by atoms with Gasteiger partial charge in [-0.05, 0) is 35.0 Å². The molecule has 1 heterocycles. The van der Waals surface area contributed by atoms with Crippen molar-refractivity contribution >= 4 is 56.7 Å². The van der Waals surface area contributed by atoms with E-state index in [4.69, 9.17) is 17.0 Å². The van der Waals surface area contributed by atoms with Crippen LogP contribution in [0.3, 0.4) is 0 Å². The van der Waals surface area contributed by atoms with Gasteiger partial charge < -0.3 is 4.74 Å². The van der Waals surface area contributed by atoms with Crippen molar-refractivity contribution in [3.05, 3.63) is 77.2 Å². The summed E-state index contributed by atoms with van der Waals surface area (Å²) in [5.74, 6) is 0.620. The molecule has 1 aliphatic heterocycles. The van der Waals surface area contributed by atoms with Gasteiger partial charge in [-0.1, -0.05) is 72.5 Å². The van der Waals surface area contributed by atoms with E-state index in [1.807, 2.05) is 72.8 Å². The number of nitrogens with zero attached hydrogens (tertiary/aromatic N) is 1. The largest absolute Gasteiger partial charge is 0.496 e. The number of ether oxygens (including phenoxy) is 1. The third kappa shape index (κ3) is 2.89. The van der Waals surface area contributed by atoms with Crippen LogP contribution in [-0.4, -0.2) is 17.3 Å². The normalized spacial score (nSPS) is 15.9. The number of fused-ring (bicyclic) bond motifs is 1. The molecule has 0 unspecified atom stereocenters. The Bertz CT molecular complexity index is 1040. The lowest BCUT2D eigenvalue weighted by molar-refractivity contribution is -0.113. The number of amides is 1. The van der Waals surface area contributed by atoms with Gasteiger partial charge in [0.25, 0.3) is 5.91 Å². The summed E-state index contributed by atoms with van der Waals surface area (Å²) in [4.78, 5) is 15.1. The number of rotatable bonds is 3. The second-order valence-corrected chi connectivity index (χ2v) is 7.43. The van der Waals surface area contributed by atoms with Gasteiger partial charge in [-0.3, -0.25) is 9.69 Å². The van der Waals surface area contributed by atoms with Gasteiger partial charge in [-0.2, -0.15) is 0 Å². The van der Waals surface area contributed by atoms with Crippen LogP contribution in [0.4, 0.5) is 5.69 Å². The smallest absolute Gasteiger partial charge is 0.270 e. The molecule has 0 atom stereocenters. The lowest BCUT2D eigenvalue weighted by atomic mass is 10.0. The SMILES string of the molecule is COc1ccc2ccccc2c1/C=C1/SC(=S)N(c2ccccc2)C1=O.